The fourth-order valence-corrected chi connectivity index (χ4v) is 5.25. The normalized spacial score (nSPS) is 21.2. The number of halogens is 1. The van der Waals surface area contributed by atoms with Crippen LogP contribution in [-0.4, -0.2) is 25.8 Å². The summed E-state index contributed by atoms with van der Waals surface area (Å²) < 4.78 is 28.2. The predicted octanol–water partition coefficient (Wildman–Crippen LogP) is 3.03. The summed E-state index contributed by atoms with van der Waals surface area (Å²) in [4.78, 5) is 0.345. The first kappa shape index (κ1) is 16.9. The van der Waals surface area contributed by atoms with Crippen LogP contribution in [0.15, 0.2) is 21.5 Å². The van der Waals surface area contributed by atoms with E-state index in [0.29, 0.717) is 34.9 Å². The Morgan fingerprint density at radius 2 is 2.05 bits per heavy atom. The molecule has 1 aliphatic heterocycles. The van der Waals surface area contributed by atoms with Crippen LogP contribution in [0.3, 0.4) is 0 Å². The minimum Gasteiger partial charge on any atom is -0.326 e. The molecule has 0 aromatic heterocycles. The zero-order valence-corrected chi connectivity index (χ0v) is 15.0. The highest BCUT2D eigenvalue weighted by molar-refractivity contribution is 9.10. The van der Waals surface area contributed by atoms with E-state index in [2.05, 4.69) is 22.9 Å². The van der Waals surface area contributed by atoms with Crippen LogP contribution in [0.1, 0.15) is 37.3 Å². The third-order valence-corrected chi connectivity index (χ3v) is 7.35. The lowest BCUT2D eigenvalue weighted by Gasteiger charge is -2.22. The van der Waals surface area contributed by atoms with Crippen molar-refractivity contribution >= 4 is 26.0 Å². The Morgan fingerprint density at radius 1 is 1.33 bits per heavy atom. The van der Waals surface area contributed by atoms with Crippen molar-refractivity contribution in [3.05, 3.63) is 27.7 Å². The van der Waals surface area contributed by atoms with Gasteiger partial charge in [-0.3, -0.25) is 0 Å². The summed E-state index contributed by atoms with van der Waals surface area (Å²) in [7, 11) is -3.46. The van der Waals surface area contributed by atoms with Gasteiger partial charge in [0, 0.05) is 24.1 Å². The first-order valence-corrected chi connectivity index (χ1v) is 9.58. The van der Waals surface area contributed by atoms with Gasteiger partial charge in [-0.15, -0.1) is 0 Å². The molecule has 0 radical (unpaired) electrons. The molecule has 0 amide bonds. The fourth-order valence-electron chi connectivity index (χ4n) is 2.73. The molecule has 1 aliphatic rings. The van der Waals surface area contributed by atoms with Crippen molar-refractivity contribution < 1.29 is 8.42 Å². The molecular weight excluding hydrogens is 352 g/mol. The highest BCUT2D eigenvalue weighted by atomic mass is 79.9. The molecule has 1 heterocycles. The van der Waals surface area contributed by atoms with Gasteiger partial charge in [-0.2, -0.15) is 4.31 Å². The lowest BCUT2D eigenvalue weighted by molar-refractivity contribution is 0.416. The molecule has 2 rings (SSSR count). The Kier molecular flexibility index (Phi) is 5.46. The lowest BCUT2D eigenvalue weighted by Crippen LogP contribution is -2.32. The maximum Gasteiger partial charge on any atom is 0.244 e. The minimum absolute atomic E-state index is 0.341. The summed E-state index contributed by atoms with van der Waals surface area (Å²) in [5.74, 6) is 0.589. The number of hydrogen-bond acceptors (Lipinski definition) is 3. The molecule has 118 valence electrons. The Labute approximate surface area is 135 Å². The molecule has 4 nitrogen and oxygen atoms in total. The zero-order valence-electron chi connectivity index (χ0n) is 12.6. The van der Waals surface area contributed by atoms with E-state index in [4.69, 9.17) is 5.73 Å². The molecule has 21 heavy (non-hydrogen) atoms. The molecule has 1 fully saturated rings. The van der Waals surface area contributed by atoms with Gasteiger partial charge in [-0.25, -0.2) is 8.42 Å². The Bertz CT molecular complexity index is 616. The quantitative estimate of drug-likeness (QED) is 0.883. The molecule has 0 aliphatic carbocycles. The summed E-state index contributed by atoms with van der Waals surface area (Å²) >= 11 is 3.43. The zero-order chi connectivity index (χ0) is 15.6. The molecule has 1 saturated heterocycles. The van der Waals surface area contributed by atoms with Crippen LogP contribution >= 0.6 is 15.9 Å². The van der Waals surface area contributed by atoms with Crippen LogP contribution in [0, 0.1) is 12.8 Å². The number of aryl methyl sites for hydroxylation is 1. The molecule has 1 unspecified atom stereocenters. The van der Waals surface area contributed by atoms with E-state index in [1.807, 2.05) is 13.0 Å². The van der Waals surface area contributed by atoms with E-state index in [1.165, 1.54) is 0 Å². The van der Waals surface area contributed by atoms with Gasteiger partial charge in [0.05, 0.1) is 4.90 Å². The summed E-state index contributed by atoms with van der Waals surface area (Å²) in [6.07, 6.45) is 2.94. The van der Waals surface area contributed by atoms with E-state index in [-0.39, 0.29) is 0 Å². The number of nitrogens with two attached hydrogens (primary N) is 1. The average molecular weight is 375 g/mol. The second-order valence-corrected chi connectivity index (χ2v) is 8.57. The Hall–Kier alpha value is -0.430. The third kappa shape index (κ3) is 3.67. The molecule has 1 aromatic carbocycles. The first-order chi connectivity index (χ1) is 9.86. The molecule has 0 spiro atoms. The molecule has 0 bridgehead atoms. The summed E-state index contributed by atoms with van der Waals surface area (Å²) in [6.45, 7) is 5.62. The molecular formula is C15H23BrN2O2S. The highest BCUT2D eigenvalue weighted by Crippen LogP contribution is 2.31. The van der Waals surface area contributed by atoms with Crippen LogP contribution in [0.25, 0.3) is 0 Å². The number of hydrogen-bond donors (Lipinski definition) is 1. The van der Waals surface area contributed by atoms with Gasteiger partial charge in [0.1, 0.15) is 0 Å². The second-order valence-electron chi connectivity index (χ2n) is 5.87. The second kappa shape index (κ2) is 6.77. The highest BCUT2D eigenvalue weighted by Gasteiger charge is 2.29. The standard InChI is InChI=1S/C15H23BrN2O2S/c1-11-4-3-6-18(7-5-11)21(19,20)14-9-13(10-17)8-12(2)15(14)16/h8-9,11H,3-7,10,17H2,1-2H3. The molecule has 1 aromatic rings. The monoisotopic (exact) mass is 374 g/mol. The molecule has 0 saturated carbocycles. The Balaban J connectivity index is 2.41. The molecule has 2 N–H and O–H groups in total. The van der Waals surface area contributed by atoms with Gasteiger partial charge < -0.3 is 5.73 Å². The van der Waals surface area contributed by atoms with E-state index in [1.54, 1.807) is 10.4 Å². The number of nitrogens with zero attached hydrogens (tertiary/aromatic N) is 1. The first-order valence-electron chi connectivity index (χ1n) is 7.35. The molecule has 6 heteroatoms. The topological polar surface area (TPSA) is 63.4 Å². The summed E-state index contributed by atoms with van der Waals surface area (Å²) in [5, 5.41) is 0. The minimum atomic E-state index is -3.46. The SMILES string of the molecule is Cc1cc(CN)cc(S(=O)(=O)N2CCCC(C)CC2)c1Br. The van der Waals surface area contributed by atoms with Gasteiger partial charge in [-0.1, -0.05) is 13.0 Å². The molecule has 1 atom stereocenters. The van der Waals surface area contributed by atoms with Crippen molar-refractivity contribution in [2.24, 2.45) is 11.7 Å². The van der Waals surface area contributed by atoms with Crippen molar-refractivity contribution in [1.82, 2.24) is 4.31 Å². The summed E-state index contributed by atoms with van der Waals surface area (Å²) in [6, 6.07) is 3.62. The maximum atomic E-state index is 12.9. The van der Waals surface area contributed by atoms with Crippen molar-refractivity contribution in [1.29, 1.82) is 0 Å². The van der Waals surface area contributed by atoms with Gasteiger partial charge >= 0.3 is 0 Å². The fraction of sp³-hybridized carbons (Fsp3) is 0.600. The van der Waals surface area contributed by atoms with Crippen LogP contribution in [0.2, 0.25) is 0 Å². The number of rotatable bonds is 3. The van der Waals surface area contributed by atoms with E-state index in [9.17, 15) is 8.42 Å². The van der Waals surface area contributed by atoms with Crippen LogP contribution in [-0.2, 0) is 16.6 Å². The van der Waals surface area contributed by atoms with Gasteiger partial charge in [0.2, 0.25) is 10.0 Å². The number of sulfonamides is 1. The largest absolute Gasteiger partial charge is 0.326 e. The smallest absolute Gasteiger partial charge is 0.244 e. The maximum absolute atomic E-state index is 12.9. The van der Waals surface area contributed by atoms with Crippen LogP contribution < -0.4 is 5.73 Å². The third-order valence-electron chi connectivity index (χ3n) is 4.11. The Morgan fingerprint density at radius 3 is 2.71 bits per heavy atom. The van der Waals surface area contributed by atoms with Crippen molar-refractivity contribution in [2.75, 3.05) is 13.1 Å². The summed E-state index contributed by atoms with van der Waals surface area (Å²) in [5.41, 5.74) is 7.43. The van der Waals surface area contributed by atoms with Gasteiger partial charge in [0.15, 0.2) is 0 Å². The van der Waals surface area contributed by atoms with E-state index < -0.39 is 10.0 Å². The number of benzene rings is 1. The van der Waals surface area contributed by atoms with Crippen molar-refractivity contribution in [2.45, 2.75) is 44.6 Å². The predicted molar refractivity (Wildman–Crippen MR) is 88.5 cm³/mol. The lowest BCUT2D eigenvalue weighted by atomic mass is 10.0. The van der Waals surface area contributed by atoms with Crippen LogP contribution in [0.4, 0.5) is 0 Å². The van der Waals surface area contributed by atoms with Gasteiger partial charge in [-0.05, 0) is 65.2 Å². The van der Waals surface area contributed by atoms with Gasteiger partial charge in [0.25, 0.3) is 0 Å². The average Bonchev–Trinajstić information content (AvgIpc) is 2.66. The van der Waals surface area contributed by atoms with E-state index >= 15 is 0 Å². The van der Waals surface area contributed by atoms with Crippen molar-refractivity contribution in [3.8, 4) is 0 Å². The van der Waals surface area contributed by atoms with Crippen LogP contribution in [0.5, 0.6) is 0 Å². The van der Waals surface area contributed by atoms with Crippen molar-refractivity contribution in [3.63, 3.8) is 0 Å². The van der Waals surface area contributed by atoms with E-state index in [0.717, 1.165) is 30.4 Å².